The first-order valence-corrected chi connectivity index (χ1v) is 7.88. The van der Waals surface area contributed by atoms with E-state index in [1.165, 1.54) is 12.1 Å². The number of hydrogen-bond acceptors (Lipinski definition) is 2. The van der Waals surface area contributed by atoms with Crippen LogP contribution in [-0.2, 0) is 10.9 Å². The van der Waals surface area contributed by atoms with Crippen LogP contribution >= 0.6 is 0 Å². The monoisotopic (exact) mass is 341 g/mol. The molecular formula is C18H22F3NO2. The highest BCUT2D eigenvalue weighted by Gasteiger charge is 2.30. The molecule has 1 unspecified atom stereocenters. The Hall–Kier alpha value is -1.98. The molecule has 0 N–H and O–H groups in total. The molecule has 1 atom stereocenters. The summed E-state index contributed by atoms with van der Waals surface area (Å²) in [6.07, 6.45) is -0.0955. The molecular weight excluding hydrogens is 319 g/mol. The smallest absolute Gasteiger partial charge is 0.416 e. The maximum atomic E-state index is 12.5. The molecule has 0 radical (unpaired) electrons. The van der Waals surface area contributed by atoms with Gasteiger partial charge in [0, 0.05) is 13.1 Å². The molecule has 1 fully saturated rings. The van der Waals surface area contributed by atoms with E-state index in [-0.39, 0.29) is 12.0 Å². The zero-order chi connectivity index (χ0) is 18.0. The third kappa shape index (κ3) is 5.28. The van der Waals surface area contributed by atoms with Crippen LogP contribution in [0.25, 0.3) is 6.08 Å². The first-order valence-electron chi connectivity index (χ1n) is 7.88. The van der Waals surface area contributed by atoms with Crippen LogP contribution in [0.3, 0.4) is 0 Å². The Morgan fingerprint density at radius 2 is 1.83 bits per heavy atom. The summed E-state index contributed by atoms with van der Waals surface area (Å²) in [6.45, 7) is 6.65. The number of amides is 1. The highest BCUT2D eigenvalue weighted by Crippen LogP contribution is 2.29. The van der Waals surface area contributed by atoms with Crippen molar-refractivity contribution < 1.29 is 22.7 Å². The topological polar surface area (TPSA) is 29.5 Å². The number of carbonyl (C=O) groups excluding carboxylic acids is 1. The van der Waals surface area contributed by atoms with E-state index in [9.17, 15) is 18.0 Å². The molecule has 0 saturated carbocycles. The Morgan fingerprint density at radius 1 is 1.21 bits per heavy atom. The summed E-state index contributed by atoms with van der Waals surface area (Å²) >= 11 is 0. The molecule has 132 valence electrons. The van der Waals surface area contributed by atoms with Gasteiger partial charge in [0.1, 0.15) is 5.60 Å². The number of nitrogens with zero attached hydrogens (tertiary/aromatic N) is 1. The summed E-state index contributed by atoms with van der Waals surface area (Å²) in [5.41, 5.74) is -0.471. The van der Waals surface area contributed by atoms with Gasteiger partial charge in [-0.3, -0.25) is 0 Å². The zero-order valence-electron chi connectivity index (χ0n) is 14.1. The van der Waals surface area contributed by atoms with Gasteiger partial charge in [-0.15, -0.1) is 0 Å². The Morgan fingerprint density at radius 3 is 2.38 bits per heavy atom. The van der Waals surface area contributed by atoms with Crippen LogP contribution in [0.15, 0.2) is 30.3 Å². The molecule has 0 bridgehead atoms. The van der Waals surface area contributed by atoms with Gasteiger partial charge in [-0.05, 0) is 50.8 Å². The summed E-state index contributed by atoms with van der Waals surface area (Å²) in [5, 5.41) is 0. The molecule has 1 aromatic rings. The lowest BCUT2D eigenvalue weighted by Gasteiger charge is -2.24. The Labute approximate surface area is 140 Å². The van der Waals surface area contributed by atoms with E-state index in [0.29, 0.717) is 18.7 Å². The van der Waals surface area contributed by atoms with E-state index in [0.717, 1.165) is 18.6 Å². The summed E-state index contributed by atoms with van der Waals surface area (Å²) in [4.78, 5) is 13.6. The SMILES string of the molecule is CC(C)(C)OC(=O)N1CCC(C=Cc2ccc(C(F)(F)F)cc2)C1. The van der Waals surface area contributed by atoms with Crippen molar-refractivity contribution in [2.24, 2.45) is 5.92 Å². The Balaban J connectivity index is 1.91. The van der Waals surface area contributed by atoms with E-state index >= 15 is 0 Å². The van der Waals surface area contributed by atoms with Crippen LogP contribution in [-0.4, -0.2) is 29.7 Å². The van der Waals surface area contributed by atoms with Crippen molar-refractivity contribution >= 4 is 12.2 Å². The van der Waals surface area contributed by atoms with Crippen LogP contribution in [0.5, 0.6) is 0 Å². The number of alkyl halides is 3. The first kappa shape index (κ1) is 18.4. The molecule has 2 rings (SSSR count). The Bertz CT molecular complexity index is 600. The van der Waals surface area contributed by atoms with E-state index in [1.54, 1.807) is 11.0 Å². The largest absolute Gasteiger partial charge is 0.444 e. The highest BCUT2D eigenvalue weighted by atomic mass is 19.4. The van der Waals surface area contributed by atoms with Crippen molar-refractivity contribution in [1.82, 2.24) is 4.90 Å². The first-order chi connectivity index (χ1) is 11.0. The quantitative estimate of drug-likeness (QED) is 0.759. The van der Waals surface area contributed by atoms with Gasteiger partial charge in [0.15, 0.2) is 0 Å². The third-order valence-corrected chi connectivity index (χ3v) is 3.68. The minimum atomic E-state index is -4.32. The van der Waals surface area contributed by atoms with E-state index in [4.69, 9.17) is 4.74 Å². The Kier molecular flexibility index (Phi) is 5.26. The standard InChI is InChI=1S/C18H22F3NO2/c1-17(2,3)24-16(23)22-11-10-14(12-22)5-4-13-6-8-15(9-7-13)18(19,20)21/h4-9,14H,10-12H2,1-3H3. The second kappa shape index (κ2) is 6.87. The molecule has 1 heterocycles. The lowest BCUT2D eigenvalue weighted by atomic mass is 10.1. The minimum Gasteiger partial charge on any atom is -0.444 e. The van der Waals surface area contributed by atoms with Gasteiger partial charge >= 0.3 is 12.3 Å². The average molecular weight is 341 g/mol. The maximum absolute atomic E-state index is 12.5. The predicted molar refractivity (Wildman–Crippen MR) is 86.4 cm³/mol. The van der Waals surface area contributed by atoms with E-state index < -0.39 is 17.3 Å². The molecule has 24 heavy (non-hydrogen) atoms. The number of benzene rings is 1. The van der Waals surface area contributed by atoms with Crippen LogP contribution in [0.2, 0.25) is 0 Å². The molecule has 6 heteroatoms. The van der Waals surface area contributed by atoms with E-state index in [2.05, 4.69) is 0 Å². The number of carbonyl (C=O) groups is 1. The number of rotatable bonds is 2. The number of likely N-dealkylation sites (tertiary alicyclic amines) is 1. The molecule has 3 nitrogen and oxygen atoms in total. The minimum absolute atomic E-state index is 0.180. The van der Waals surface area contributed by atoms with Gasteiger partial charge < -0.3 is 9.64 Å². The maximum Gasteiger partial charge on any atom is 0.416 e. The number of hydrogen-bond donors (Lipinski definition) is 0. The van der Waals surface area contributed by atoms with Crippen molar-refractivity contribution in [3.63, 3.8) is 0 Å². The highest BCUT2D eigenvalue weighted by molar-refractivity contribution is 5.68. The molecule has 0 spiro atoms. The fourth-order valence-electron chi connectivity index (χ4n) is 2.47. The fourth-order valence-corrected chi connectivity index (χ4v) is 2.47. The second-order valence-corrected chi connectivity index (χ2v) is 6.95. The van der Waals surface area contributed by atoms with Crippen molar-refractivity contribution in [2.75, 3.05) is 13.1 Å². The van der Waals surface area contributed by atoms with Crippen molar-refractivity contribution in [3.8, 4) is 0 Å². The molecule has 1 aromatic carbocycles. The third-order valence-electron chi connectivity index (χ3n) is 3.68. The second-order valence-electron chi connectivity index (χ2n) is 6.95. The summed E-state index contributed by atoms with van der Waals surface area (Å²) in [7, 11) is 0. The molecule has 1 amide bonds. The molecule has 1 aliphatic rings. The van der Waals surface area contributed by atoms with Crippen molar-refractivity contribution in [1.29, 1.82) is 0 Å². The average Bonchev–Trinajstić information content (AvgIpc) is 2.92. The normalized spacial score (nSPS) is 19.1. The van der Waals surface area contributed by atoms with Crippen LogP contribution in [0.4, 0.5) is 18.0 Å². The molecule has 0 aliphatic carbocycles. The van der Waals surface area contributed by atoms with Crippen LogP contribution in [0.1, 0.15) is 38.3 Å². The fraction of sp³-hybridized carbons (Fsp3) is 0.500. The van der Waals surface area contributed by atoms with E-state index in [1.807, 2.05) is 26.8 Å². The lowest BCUT2D eigenvalue weighted by molar-refractivity contribution is -0.137. The molecule has 1 saturated heterocycles. The molecule has 1 aliphatic heterocycles. The van der Waals surface area contributed by atoms with Crippen molar-refractivity contribution in [2.45, 2.75) is 39.0 Å². The summed E-state index contributed by atoms with van der Waals surface area (Å²) < 4.78 is 42.9. The van der Waals surface area contributed by atoms with Gasteiger partial charge in [-0.2, -0.15) is 13.2 Å². The molecule has 0 aromatic heterocycles. The van der Waals surface area contributed by atoms with Gasteiger partial charge in [0.05, 0.1) is 5.56 Å². The van der Waals surface area contributed by atoms with Gasteiger partial charge in [-0.25, -0.2) is 4.79 Å². The number of halogens is 3. The summed E-state index contributed by atoms with van der Waals surface area (Å²) in [6, 6.07) is 5.03. The van der Waals surface area contributed by atoms with Gasteiger partial charge in [0.2, 0.25) is 0 Å². The zero-order valence-corrected chi connectivity index (χ0v) is 14.1. The van der Waals surface area contributed by atoms with Gasteiger partial charge in [0.25, 0.3) is 0 Å². The van der Waals surface area contributed by atoms with Crippen molar-refractivity contribution in [3.05, 3.63) is 41.5 Å². The van der Waals surface area contributed by atoms with Crippen LogP contribution < -0.4 is 0 Å². The number of ether oxygens (including phenoxy) is 1. The summed E-state index contributed by atoms with van der Waals surface area (Å²) in [5.74, 6) is 0.180. The van der Waals surface area contributed by atoms with Crippen LogP contribution in [0, 0.1) is 5.92 Å². The predicted octanol–water partition coefficient (Wildman–Crippen LogP) is 4.98. The lowest BCUT2D eigenvalue weighted by Crippen LogP contribution is -2.35. The van der Waals surface area contributed by atoms with Gasteiger partial charge in [-0.1, -0.05) is 24.3 Å².